The number of esters is 1. The van der Waals surface area contributed by atoms with Crippen molar-refractivity contribution in [3.8, 4) is 18.1 Å². The minimum atomic E-state index is -0.586. The number of terminal acetylenes is 1. The van der Waals surface area contributed by atoms with E-state index in [1.807, 2.05) is 38.1 Å². The summed E-state index contributed by atoms with van der Waals surface area (Å²) >= 11 is 0. The Morgan fingerprint density at radius 3 is 2.79 bits per heavy atom. The minimum Gasteiger partial charge on any atom is -0.491 e. The first-order valence-electron chi connectivity index (χ1n) is 6.09. The van der Waals surface area contributed by atoms with Crippen molar-refractivity contribution in [1.82, 2.24) is 5.32 Å². The van der Waals surface area contributed by atoms with Gasteiger partial charge in [-0.2, -0.15) is 0 Å². The highest BCUT2D eigenvalue weighted by molar-refractivity contribution is 5.77. The SMILES string of the molecule is C#CCNC(C(=O)OC)c1cccc(OC(C)C)c1. The second-order valence-corrected chi connectivity index (χ2v) is 4.28. The molecule has 1 unspecified atom stereocenters. The van der Waals surface area contributed by atoms with E-state index in [0.717, 1.165) is 5.56 Å². The van der Waals surface area contributed by atoms with Gasteiger partial charge in [0.05, 0.1) is 19.8 Å². The summed E-state index contributed by atoms with van der Waals surface area (Å²) in [5, 5.41) is 2.95. The molecule has 1 aromatic rings. The summed E-state index contributed by atoms with van der Waals surface area (Å²) in [4.78, 5) is 11.8. The summed E-state index contributed by atoms with van der Waals surface area (Å²) in [7, 11) is 1.35. The molecule has 1 N–H and O–H groups in total. The fourth-order valence-corrected chi connectivity index (χ4v) is 1.66. The van der Waals surface area contributed by atoms with Crippen LogP contribution in [0.2, 0.25) is 0 Å². The maximum Gasteiger partial charge on any atom is 0.327 e. The lowest BCUT2D eigenvalue weighted by molar-refractivity contribution is -0.143. The number of hydrogen-bond acceptors (Lipinski definition) is 4. The minimum absolute atomic E-state index is 0.0745. The maximum atomic E-state index is 11.8. The molecule has 0 bridgehead atoms. The lowest BCUT2D eigenvalue weighted by Crippen LogP contribution is -2.29. The third-order valence-electron chi connectivity index (χ3n) is 2.41. The molecular weight excluding hydrogens is 242 g/mol. The van der Waals surface area contributed by atoms with E-state index in [0.29, 0.717) is 5.75 Å². The Morgan fingerprint density at radius 2 is 2.21 bits per heavy atom. The topological polar surface area (TPSA) is 47.6 Å². The predicted octanol–water partition coefficient (Wildman–Crippen LogP) is 1.91. The van der Waals surface area contributed by atoms with E-state index in [4.69, 9.17) is 15.9 Å². The third-order valence-corrected chi connectivity index (χ3v) is 2.41. The molecule has 1 rings (SSSR count). The van der Waals surface area contributed by atoms with Crippen LogP contribution >= 0.6 is 0 Å². The molecule has 0 spiro atoms. The number of nitrogens with one attached hydrogen (secondary N) is 1. The lowest BCUT2D eigenvalue weighted by Gasteiger charge is -2.17. The Morgan fingerprint density at radius 1 is 1.47 bits per heavy atom. The van der Waals surface area contributed by atoms with Crippen LogP contribution in [0.4, 0.5) is 0 Å². The van der Waals surface area contributed by atoms with Gasteiger partial charge in [0.15, 0.2) is 0 Å². The molecule has 102 valence electrons. The van der Waals surface area contributed by atoms with Crippen molar-refractivity contribution in [3.63, 3.8) is 0 Å². The van der Waals surface area contributed by atoms with E-state index < -0.39 is 6.04 Å². The number of methoxy groups -OCH3 is 1. The van der Waals surface area contributed by atoms with Crippen LogP contribution in [0.1, 0.15) is 25.5 Å². The molecule has 0 aromatic heterocycles. The van der Waals surface area contributed by atoms with Crippen LogP contribution in [0.3, 0.4) is 0 Å². The van der Waals surface area contributed by atoms with Crippen molar-refractivity contribution in [2.45, 2.75) is 26.0 Å². The lowest BCUT2D eigenvalue weighted by atomic mass is 10.1. The number of carbonyl (C=O) groups excluding carboxylic acids is 1. The highest BCUT2D eigenvalue weighted by Crippen LogP contribution is 2.21. The summed E-state index contributed by atoms with van der Waals surface area (Å²) in [6.45, 7) is 4.18. The van der Waals surface area contributed by atoms with Crippen LogP contribution in [0.5, 0.6) is 5.75 Å². The molecule has 0 saturated carbocycles. The molecule has 0 fully saturated rings. The highest BCUT2D eigenvalue weighted by atomic mass is 16.5. The Kier molecular flexibility index (Phi) is 5.91. The number of rotatable bonds is 6. The number of benzene rings is 1. The first-order chi connectivity index (χ1) is 9.08. The summed E-state index contributed by atoms with van der Waals surface area (Å²) in [5.74, 6) is 2.78. The van der Waals surface area contributed by atoms with Crippen molar-refractivity contribution >= 4 is 5.97 Å². The molecule has 0 radical (unpaired) electrons. The molecule has 0 heterocycles. The second-order valence-electron chi connectivity index (χ2n) is 4.28. The molecule has 4 heteroatoms. The van der Waals surface area contributed by atoms with Gasteiger partial charge in [0.25, 0.3) is 0 Å². The fraction of sp³-hybridized carbons (Fsp3) is 0.400. The molecule has 0 saturated heterocycles. The summed E-state index contributed by atoms with van der Waals surface area (Å²) in [6.07, 6.45) is 5.28. The van der Waals surface area contributed by atoms with Crippen molar-refractivity contribution in [3.05, 3.63) is 29.8 Å². The Balaban J connectivity index is 2.95. The van der Waals surface area contributed by atoms with Gasteiger partial charge in [-0.05, 0) is 31.5 Å². The van der Waals surface area contributed by atoms with E-state index in [2.05, 4.69) is 11.2 Å². The number of hydrogen-bond donors (Lipinski definition) is 1. The molecule has 1 atom stereocenters. The van der Waals surface area contributed by atoms with Gasteiger partial charge in [0.2, 0.25) is 0 Å². The van der Waals surface area contributed by atoms with Crippen molar-refractivity contribution in [2.75, 3.05) is 13.7 Å². The van der Waals surface area contributed by atoms with Gasteiger partial charge in [-0.1, -0.05) is 18.1 Å². The van der Waals surface area contributed by atoms with Crippen molar-refractivity contribution in [1.29, 1.82) is 0 Å². The van der Waals surface area contributed by atoms with Gasteiger partial charge >= 0.3 is 5.97 Å². The first-order valence-corrected chi connectivity index (χ1v) is 6.09. The Bertz CT molecular complexity index is 463. The van der Waals surface area contributed by atoms with Crippen molar-refractivity contribution in [2.24, 2.45) is 0 Å². The smallest absolute Gasteiger partial charge is 0.327 e. The second kappa shape index (κ2) is 7.45. The Hall–Kier alpha value is -1.99. The normalized spacial score (nSPS) is 11.7. The standard InChI is InChI=1S/C15H19NO3/c1-5-9-16-14(15(17)18-4)12-7-6-8-13(10-12)19-11(2)3/h1,6-8,10-11,14,16H,9H2,2-4H3. The van der Waals surface area contributed by atoms with Gasteiger partial charge in [-0.3, -0.25) is 5.32 Å². The average molecular weight is 261 g/mol. The monoisotopic (exact) mass is 261 g/mol. The van der Waals surface area contributed by atoms with Crippen LogP contribution in [0.25, 0.3) is 0 Å². The van der Waals surface area contributed by atoms with Crippen LogP contribution < -0.4 is 10.1 Å². The van der Waals surface area contributed by atoms with Gasteiger partial charge in [0.1, 0.15) is 11.8 Å². The molecule has 0 aliphatic carbocycles. The summed E-state index contributed by atoms with van der Waals surface area (Å²) in [5.41, 5.74) is 0.764. The molecule has 19 heavy (non-hydrogen) atoms. The largest absolute Gasteiger partial charge is 0.491 e. The molecule has 4 nitrogen and oxygen atoms in total. The van der Waals surface area contributed by atoms with E-state index >= 15 is 0 Å². The predicted molar refractivity (Wildman–Crippen MR) is 73.8 cm³/mol. The van der Waals surface area contributed by atoms with Gasteiger partial charge < -0.3 is 9.47 Å². The van der Waals surface area contributed by atoms with E-state index in [1.54, 1.807) is 0 Å². The van der Waals surface area contributed by atoms with Crippen LogP contribution in [0.15, 0.2) is 24.3 Å². The zero-order valence-electron chi connectivity index (χ0n) is 11.5. The van der Waals surface area contributed by atoms with Crippen LogP contribution in [0, 0.1) is 12.3 Å². The fourth-order valence-electron chi connectivity index (χ4n) is 1.66. The first kappa shape index (κ1) is 15.1. The van der Waals surface area contributed by atoms with Gasteiger partial charge in [-0.15, -0.1) is 6.42 Å². The third kappa shape index (κ3) is 4.65. The van der Waals surface area contributed by atoms with Crippen LogP contribution in [-0.2, 0) is 9.53 Å². The molecule has 1 aromatic carbocycles. The summed E-state index contributed by atoms with van der Waals surface area (Å²) < 4.78 is 10.4. The molecule has 0 aliphatic heterocycles. The Labute approximate surface area is 114 Å². The zero-order valence-corrected chi connectivity index (χ0v) is 11.5. The molecular formula is C15H19NO3. The zero-order chi connectivity index (χ0) is 14.3. The number of carbonyl (C=O) groups is 1. The summed E-state index contributed by atoms with van der Waals surface area (Å²) in [6, 6.07) is 6.74. The molecule has 0 amide bonds. The quantitative estimate of drug-likeness (QED) is 0.627. The van der Waals surface area contributed by atoms with E-state index in [1.165, 1.54) is 7.11 Å². The van der Waals surface area contributed by atoms with Crippen molar-refractivity contribution < 1.29 is 14.3 Å². The highest BCUT2D eigenvalue weighted by Gasteiger charge is 2.20. The maximum absolute atomic E-state index is 11.8. The van der Waals surface area contributed by atoms with E-state index in [-0.39, 0.29) is 18.6 Å². The van der Waals surface area contributed by atoms with Gasteiger partial charge in [0, 0.05) is 0 Å². The van der Waals surface area contributed by atoms with E-state index in [9.17, 15) is 4.79 Å². The van der Waals surface area contributed by atoms with Crippen LogP contribution in [-0.4, -0.2) is 25.7 Å². The molecule has 0 aliphatic rings. The average Bonchev–Trinajstić information content (AvgIpc) is 2.38. The number of ether oxygens (including phenoxy) is 2. The van der Waals surface area contributed by atoms with Gasteiger partial charge in [-0.25, -0.2) is 4.79 Å².